The predicted octanol–water partition coefficient (Wildman–Crippen LogP) is 1.79. The summed E-state index contributed by atoms with van der Waals surface area (Å²) >= 11 is 0. The highest BCUT2D eigenvalue weighted by Crippen LogP contribution is 2.32. The summed E-state index contributed by atoms with van der Waals surface area (Å²) in [5.41, 5.74) is 0.541. The molecule has 0 aromatic heterocycles. The highest BCUT2D eigenvalue weighted by atomic mass is 16.5. The SMILES string of the molecule is CC(NC(=O)COc1cccc(C=O)c1)C1CC1. The van der Waals surface area contributed by atoms with Crippen molar-refractivity contribution in [3.63, 3.8) is 0 Å². The lowest BCUT2D eigenvalue weighted by molar-refractivity contribution is -0.123. The first-order chi connectivity index (χ1) is 8.69. The smallest absolute Gasteiger partial charge is 0.258 e. The quantitative estimate of drug-likeness (QED) is 0.780. The van der Waals surface area contributed by atoms with E-state index in [2.05, 4.69) is 5.32 Å². The summed E-state index contributed by atoms with van der Waals surface area (Å²) in [4.78, 5) is 22.2. The lowest BCUT2D eigenvalue weighted by Gasteiger charge is -2.13. The van der Waals surface area contributed by atoms with E-state index in [0.717, 1.165) is 6.29 Å². The van der Waals surface area contributed by atoms with E-state index in [4.69, 9.17) is 4.74 Å². The maximum atomic E-state index is 11.6. The standard InChI is InChI=1S/C14H17NO3/c1-10(12-5-6-12)15-14(17)9-18-13-4-2-3-11(7-13)8-16/h2-4,7-8,10,12H,5-6,9H2,1H3,(H,15,17). The number of nitrogens with one attached hydrogen (secondary N) is 1. The summed E-state index contributed by atoms with van der Waals surface area (Å²) in [5.74, 6) is 1.05. The number of hydrogen-bond donors (Lipinski definition) is 1. The first-order valence-electron chi connectivity index (χ1n) is 6.16. The molecule has 96 valence electrons. The van der Waals surface area contributed by atoms with E-state index < -0.39 is 0 Å². The molecule has 1 aliphatic carbocycles. The fourth-order valence-electron chi connectivity index (χ4n) is 1.84. The van der Waals surface area contributed by atoms with Gasteiger partial charge in [0.15, 0.2) is 6.61 Å². The van der Waals surface area contributed by atoms with Gasteiger partial charge in [-0.05, 0) is 37.8 Å². The lowest BCUT2D eigenvalue weighted by Crippen LogP contribution is -2.37. The Kier molecular flexibility index (Phi) is 3.97. The van der Waals surface area contributed by atoms with Crippen molar-refractivity contribution < 1.29 is 14.3 Å². The molecule has 0 spiro atoms. The van der Waals surface area contributed by atoms with Crippen LogP contribution in [0.1, 0.15) is 30.1 Å². The Labute approximate surface area is 106 Å². The molecule has 0 radical (unpaired) electrons. The molecule has 1 atom stereocenters. The van der Waals surface area contributed by atoms with Gasteiger partial charge < -0.3 is 10.1 Å². The molecule has 1 amide bonds. The van der Waals surface area contributed by atoms with E-state index in [1.54, 1.807) is 24.3 Å². The number of ether oxygens (including phenoxy) is 1. The van der Waals surface area contributed by atoms with Gasteiger partial charge in [0.1, 0.15) is 12.0 Å². The van der Waals surface area contributed by atoms with Gasteiger partial charge in [-0.3, -0.25) is 9.59 Å². The zero-order valence-corrected chi connectivity index (χ0v) is 10.4. The average Bonchev–Trinajstić information content (AvgIpc) is 3.21. The van der Waals surface area contributed by atoms with Crippen LogP contribution in [0, 0.1) is 5.92 Å². The van der Waals surface area contributed by atoms with E-state index >= 15 is 0 Å². The number of benzene rings is 1. The van der Waals surface area contributed by atoms with Crippen molar-refractivity contribution in [1.82, 2.24) is 5.32 Å². The Bertz CT molecular complexity index is 440. The number of aldehydes is 1. The number of rotatable bonds is 6. The second-order valence-electron chi connectivity index (χ2n) is 4.67. The first-order valence-corrected chi connectivity index (χ1v) is 6.16. The summed E-state index contributed by atoms with van der Waals surface area (Å²) in [6, 6.07) is 6.98. The highest BCUT2D eigenvalue weighted by Gasteiger charge is 2.28. The summed E-state index contributed by atoms with van der Waals surface area (Å²) in [7, 11) is 0. The molecule has 0 heterocycles. The molecular formula is C14H17NO3. The van der Waals surface area contributed by atoms with Gasteiger partial charge in [0.2, 0.25) is 0 Å². The highest BCUT2D eigenvalue weighted by molar-refractivity contribution is 5.78. The third-order valence-corrected chi connectivity index (χ3v) is 3.08. The minimum absolute atomic E-state index is 0.0145. The van der Waals surface area contributed by atoms with Gasteiger partial charge in [0.05, 0.1) is 0 Å². The third-order valence-electron chi connectivity index (χ3n) is 3.08. The van der Waals surface area contributed by atoms with Crippen molar-refractivity contribution in [2.24, 2.45) is 5.92 Å². The molecule has 0 aliphatic heterocycles. The molecule has 1 aromatic carbocycles. The lowest BCUT2D eigenvalue weighted by atomic mass is 10.2. The zero-order valence-electron chi connectivity index (χ0n) is 10.4. The molecule has 1 unspecified atom stereocenters. The van der Waals surface area contributed by atoms with E-state index in [0.29, 0.717) is 17.2 Å². The Morgan fingerprint density at radius 1 is 1.56 bits per heavy atom. The molecule has 0 saturated heterocycles. The van der Waals surface area contributed by atoms with Crippen LogP contribution in [0.2, 0.25) is 0 Å². The minimum Gasteiger partial charge on any atom is -0.484 e. The molecule has 2 rings (SSSR count). The normalized spacial score (nSPS) is 15.8. The maximum absolute atomic E-state index is 11.6. The van der Waals surface area contributed by atoms with Crippen molar-refractivity contribution in [2.75, 3.05) is 6.61 Å². The average molecular weight is 247 g/mol. The molecule has 4 nitrogen and oxygen atoms in total. The van der Waals surface area contributed by atoms with Crippen LogP contribution in [0.5, 0.6) is 5.75 Å². The van der Waals surface area contributed by atoms with Crippen molar-refractivity contribution in [3.8, 4) is 5.75 Å². The second-order valence-corrected chi connectivity index (χ2v) is 4.67. The number of hydrogen-bond acceptors (Lipinski definition) is 3. The van der Waals surface area contributed by atoms with Crippen LogP contribution in [0.25, 0.3) is 0 Å². The summed E-state index contributed by atoms with van der Waals surface area (Å²) in [6.07, 6.45) is 3.15. The molecule has 1 aliphatic rings. The molecule has 4 heteroatoms. The Morgan fingerprint density at radius 3 is 3.00 bits per heavy atom. The van der Waals surface area contributed by atoms with E-state index in [1.807, 2.05) is 6.92 Å². The number of carbonyl (C=O) groups excluding carboxylic acids is 2. The van der Waals surface area contributed by atoms with Crippen molar-refractivity contribution in [3.05, 3.63) is 29.8 Å². The van der Waals surface area contributed by atoms with Crippen LogP contribution >= 0.6 is 0 Å². The van der Waals surface area contributed by atoms with E-state index in [9.17, 15) is 9.59 Å². The zero-order chi connectivity index (χ0) is 13.0. The first kappa shape index (κ1) is 12.6. The monoisotopic (exact) mass is 247 g/mol. The topological polar surface area (TPSA) is 55.4 Å². The van der Waals surface area contributed by atoms with Crippen LogP contribution < -0.4 is 10.1 Å². The van der Waals surface area contributed by atoms with Crippen LogP contribution in [0.4, 0.5) is 0 Å². The molecule has 1 fully saturated rings. The summed E-state index contributed by atoms with van der Waals surface area (Å²) in [6.45, 7) is 2.00. The van der Waals surface area contributed by atoms with Gasteiger partial charge >= 0.3 is 0 Å². The molecule has 1 N–H and O–H groups in total. The Morgan fingerprint density at radius 2 is 2.33 bits per heavy atom. The molecule has 0 bridgehead atoms. The third kappa shape index (κ3) is 3.58. The maximum Gasteiger partial charge on any atom is 0.258 e. The molecule has 1 saturated carbocycles. The largest absolute Gasteiger partial charge is 0.484 e. The van der Waals surface area contributed by atoms with Gasteiger partial charge in [-0.1, -0.05) is 12.1 Å². The fourth-order valence-corrected chi connectivity index (χ4v) is 1.84. The van der Waals surface area contributed by atoms with E-state index in [-0.39, 0.29) is 18.6 Å². The van der Waals surface area contributed by atoms with E-state index in [1.165, 1.54) is 12.8 Å². The van der Waals surface area contributed by atoms with Gasteiger partial charge in [0, 0.05) is 11.6 Å². The molecule has 18 heavy (non-hydrogen) atoms. The minimum atomic E-state index is -0.120. The van der Waals surface area contributed by atoms with Crippen molar-refractivity contribution >= 4 is 12.2 Å². The fraction of sp³-hybridized carbons (Fsp3) is 0.429. The number of carbonyl (C=O) groups is 2. The summed E-state index contributed by atoms with van der Waals surface area (Å²) < 4.78 is 5.34. The van der Waals surface area contributed by atoms with Crippen LogP contribution in [-0.4, -0.2) is 24.8 Å². The Hall–Kier alpha value is -1.84. The van der Waals surface area contributed by atoms with Gasteiger partial charge in [0.25, 0.3) is 5.91 Å². The van der Waals surface area contributed by atoms with Gasteiger partial charge in [-0.15, -0.1) is 0 Å². The van der Waals surface area contributed by atoms with Crippen LogP contribution in [0.15, 0.2) is 24.3 Å². The predicted molar refractivity (Wildman–Crippen MR) is 67.7 cm³/mol. The van der Waals surface area contributed by atoms with Crippen molar-refractivity contribution in [2.45, 2.75) is 25.8 Å². The van der Waals surface area contributed by atoms with Crippen molar-refractivity contribution in [1.29, 1.82) is 0 Å². The second kappa shape index (κ2) is 5.67. The summed E-state index contributed by atoms with van der Waals surface area (Å²) in [5, 5.41) is 2.91. The molecular weight excluding hydrogens is 230 g/mol. The van der Waals surface area contributed by atoms with Crippen LogP contribution in [0.3, 0.4) is 0 Å². The van der Waals surface area contributed by atoms with Gasteiger partial charge in [-0.2, -0.15) is 0 Å². The van der Waals surface area contributed by atoms with Gasteiger partial charge in [-0.25, -0.2) is 0 Å². The molecule has 1 aromatic rings. The number of amides is 1. The van der Waals surface area contributed by atoms with Crippen LogP contribution in [-0.2, 0) is 4.79 Å². The Balaban J connectivity index is 1.79.